The van der Waals surface area contributed by atoms with Gasteiger partial charge in [-0.3, -0.25) is 10.1 Å². The molecule has 0 aromatic heterocycles. The van der Waals surface area contributed by atoms with E-state index in [9.17, 15) is 14.5 Å². The lowest BCUT2D eigenvalue weighted by Gasteiger charge is -2.34. The minimum atomic E-state index is -0.536. The molecule has 234 valence electrons. The van der Waals surface area contributed by atoms with Crippen LogP contribution in [0.5, 0.6) is 0 Å². The first-order chi connectivity index (χ1) is 20.5. The number of nitrogens with zero attached hydrogens (tertiary/aromatic N) is 4. The highest BCUT2D eigenvalue weighted by molar-refractivity contribution is 6.08. The number of likely N-dealkylation sites (tertiary alicyclic amines) is 1. The van der Waals surface area contributed by atoms with Crippen LogP contribution in [0.25, 0.3) is 0 Å². The van der Waals surface area contributed by atoms with Crippen molar-refractivity contribution >= 4 is 29.1 Å². The first-order valence-electron chi connectivity index (χ1n) is 15.0. The van der Waals surface area contributed by atoms with Crippen molar-refractivity contribution in [2.75, 3.05) is 37.8 Å². The van der Waals surface area contributed by atoms with Crippen LogP contribution in [0.3, 0.4) is 0 Å². The molecule has 0 radical (unpaired) electrons. The number of carbonyl (C=O) groups excluding carboxylic acids is 2. The van der Waals surface area contributed by atoms with Gasteiger partial charge in [0.2, 0.25) is 5.82 Å². The van der Waals surface area contributed by atoms with E-state index < -0.39 is 5.60 Å². The van der Waals surface area contributed by atoms with E-state index in [-0.39, 0.29) is 29.2 Å². The first-order valence-corrected chi connectivity index (χ1v) is 15.0. The third-order valence-electron chi connectivity index (χ3n) is 6.55. The Balaban J connectivity index is 0.00000316. The zero-order valence-corrected chi connectivity index (χ0v) is 26.9. The molecule has 1 saturated heterocycles. The van der Waals surface area contributed by atoms with Gasteiger partial charge in [-0.2, -0.15) is 0 Å². The number of unbranched alkanes of at least 4 members (excludes halogenated alkanes) is 1. The number of nitroso groups, excluding NO2 is 1. The van der Waals surface area contributed by atoms with Crippen LogP contribution in [0.2, 0.25) is 0 Å². The zero-order chi connectivity index (χ0) is 32.0. The summed E-state index contributed by atoms with van der Waals surface area (Å²) in [5.74, 6) is 0.474. The number of ether oxygens (including phenoxy) is 1. The smallest absolute Gasteiger partial charge is 0.410 e. The summed E-state index contributed by atoms with van der Waals surface area (Å²) in [5.41, 5.74) is 4.85. The normalized spacial score (nSPS) is 15.5. The molecule has 43 heavy (non-hydrogen) atoms. The fourth-order valence-corrected chi connectivity index (χ4v) is 4.55. The second-order valence-electron chi connectivity index (χ2n) is 11.0. The molecule has 1 aliphatic rings. The molecule has 0 aliphatic carbocycles. The monoisotopic (exact) mass is 594 g/mol. The highest BCUT2D eigenvalue weighted by Crippen LogP contribution is 2.30. The van der Waals surface area contributed by atoms with Gasteiger partial charge in [0.1, 0.15) is 17.0 Å². The number of rotatable bonds is 10. The van der Waals surface area contributed by atoms with E-state index in [0.717, 1.165) is 31.2 Å². The van der Waals surface area contributed by atoms with Gasteiger partial charge in [0, 0.05) is 29.9 Å². The molecule has 0 saturated carbocycles. The number of allylic oxidation sites excluding steroid dienone is 1. The molecule has 1 aliphatic heterocycles. The molecule has 0 spiro atoms. The molecule has 2 aromatic rings. The van der Waals surface area contributed by atoms with Crippen molar-refractivity contribution < 1.29 is 19.0 Å². The lowest BCUT2D eigenvalue weighted by Crippen LogP contribution is -2.42. The quantitative estimate of drug-likeness (QED) is 0.112. The summed E-state index contributed by atoms with van der Waals surface area (Å²) in [7, 11) is 3.49. The van der Waals surface area contributed by atoms with Gasteiger partial charge in [-0.05, 0) is 87.2 Å². The van der Waals surface area contributed by atoms with E-state index in [4.69, 9.17) is 4.74 Å². The number of hydrogen-bond acceptors (Lipinski definition) is 7. The second kappa shape index (κ2) is 17.0. The number of nitrogens with one attached hydrogen (secondary N) is 3. The minimum Gasteiger partial charge on any atom is -0.444 e. The maximum absolute atomic E-state index is 13.4. The Labute approximate surface area is 255 Å². The topological polar surface area (TPSA) is 128 Å². The third-order valence-corrected chi connectivity index (χ3v) is 6.55. The summed E-state index contributed by atoms with van der Waals surface area (Å²) in [5, 5.41) is 13.4. The predicted octanol–water partition coefficient (Wildman–Crippen LogP) is 7.76. The Kier molecular flexibility index (Phi) is 13.8. The van der Waals surface area contributed by atoms with Gasteiger partial charge in [0.15, 0.2) is 0 Å². The summed E-state index contributed by atoms with van der Waals surface area (Å²) in [6.45, 7) is 12.9. The first kappa shape index (κ1) is 34.9. The van der Waals surface area contributed by atoms with Gasteiger partial charge in [-0.25, -0.2) is 10.2 Å². The number of benzene rings is 2. The molecular formula is C32H48N7O4+. The molecule has 2 aromatic carbocycles. The van der Waals surface area contributed by atoms with Gasteiger partial charge >= 0.3 is 6.09 Å². The summed E-state index contributed by atoms with van der Waals surface area (Å²) in [6, 6.07) is 12.3. The Bertz CT molecular complexity index is 1280. The van der Waals surface area contributed by atoms with Crippen molar-refractivity contribution in [3.8, 4) is 0 Å². The van der Waals surface area contributed by atoms with Crippen molar-refractivity contribution in [2.45, 2.75) is 78.7 Å². The lowest BCUT2D eigenvalue weighted by molar-refractivity contribution is -0.520. The fraction of sp³-hybridized carbons (Fsp3) is 0.500. The van der Waals surface area contributed by atoms with Crippen molar-refractivity contribution in [1.82, 2.24) is 10.3 Å². The Hall–Kier alpha value is -4.28. The van der Waals surface area contributed by atoms with Crippen LogP contribution in [-0.2, 0) is 4.74 Å². The zero-order valence-electron chi connectivity index (χ0n) is 26.9. The van der Waals surface area contributed by atoms with Crippen LogP contribution in [0.15, 0.2) is 64.8 Å². The standard InChI is InChI=1S/C30H41N7O4.C2H6/c1-7-8-11-27(36(6)35-31-5)33-26-17-16-24(34-40)19-25(26)28(38)32-23-14-12-21(13-15-23)22-10-9-18-37(20-22)29(39)41-30(2,3)4;1-2/h11-17,19,22H,7-10,18,20H2,1-6H3,(H2,32,33,38,40);1-2H3/p+1/b27-11+;. The third kappa shape index (κ3) is 10.8. The maximum Gasteiger partial charge on any atom is 0.410 e. The molecule has 1 fully saturated rings. The number of anilines is 2. The maximum atomic E-state index is 13.4. The molecule has 0 bridgehead atoms. The van der Waals surface area contributed by atoms with E-state index >= 15 is 0 Å². The molecule has 11 nitrogen and oxygen atoms in total. The average molecular weight is 595 g/mol. The highest BCUT2D eigenvalue weighted by Gasteiger charge is 2.28. The lowest BCUT2D eigenvalue weighted by atomic mass is 9.90. The molecule has 3 N–H and O–H groups in total. The number of carbonyl (C=O) groups is 2. The van der Waals surface area contributed by atoms with Crippen LogP contribution in [0, 0.1) is 4.91 Å². The van der Waals surface area contributed by atoms with E-state index in [0.29, 0.717) is 30.3 Å². The molecule has 1 atom stereocenters. The molecular weight excluding hydrogens is 546 g/mol. The summed E-state index contributed by atoms with van der Waals surface area (Å²) in [6.07, 6.45) is 5.31. The predicted molar refractivity (Wildman–Crippen MR) is 172 cm³/mol. The van der Waals surface area contributed by atoms with Crippen LogP contribution in [-0.4, -0.2) is 54.4 Å². The van der Waals surface area contributed by atoms with Crippen molar-refractivity contribution in [3.05, 3.63) is 70.4 Å². The molecule has 2 amide bonds. The fourth-order valence-electron chi connectivity index (χ4n) is 4.55. The molecule has 1 heterocycles. The largest absolute Gasteiger partial charge is 0.444 e. The van der Waals surface area contributed by atoms with Crippen LogP contribution >= 0.6 is 0 Å². The Morgan fingerprint density at radius 3 is 2.42 bits per heavy atom. The minimum absolute atomic E-state index is 0.148. The number of piperidine rings is 1. The van der Waals surface area contributed by atoms with Crippen molar-refractivity contribution in [2.24, 2.45) is 10.4 Å². The van der Waals surface area contributed by atoms with E-state index in [1.54, 1.807) is 35.8 Å². The molecule has 1 unspecified atom stereocenters. The summed E-state index contributed by atoms with van der Waals surface area (Å²) >= 11 is 0. The molecule has 3 rings (SSSR count). The van der Waals surface area contributed by atoms with Gasteiger partial charge < -0.3 is 15.0 Å². The summed E-state index contributed by atoms with van der Waals surface area (Å²) < 4.78 is 7.19. The Morgan fingerprint density at radius 1 is 1.12 bits per heavy atom. The van der Waals surface area contributed by atoms with Gasteiger partial charge in [-0.1, -0.05) is 39.3 Å². The van der Waals surface area contributed by atoms with Gasteiger partial charge in [-0.15, -0.1) is 9.60 Å². The average Bonchev–Trinajstić information content (AvgIpc) is 3.00. The van der Waals surface area contributed by atoms with Crippen LogP contribution in [0.1, 0.15) is 89.1 Å². The summed E-state index contributed by atoms with van der Waals surface area (Å²) in [4.78, 5) is 39.0. The number of amides is 2. The van der Waals surface area contributed by atoms with E-state index in [2.05, 4.69) is 33.4 Å². The second-order valence-corrected chi connectivity index (χ2v) is 11.0. The Morgan fingerprint density at radius 2 is 1.81 bits per heavy atom. The van der Waals surface area contributed by atoms with E-state index in [1.807, 2.05) is 65.0 Å². The van der Waals surface area contributed by atoms with Gasteiger partial charge in [0.25, 0.3) is 5.91 Å². The SMILES string of the molecule is CC.CCC/C=C(Nc1ccc(N=O)cc1C(=O)Nc1ccc(C2CCCN(C(=O)OC(C)(C)C)C2)cc1)/[N+](C)=N\NC. The van der Waals surface area contributed by atoms with Crippen LogP contribution in [0.4, 0.5) is 21.9 Å². The van der Waals surface area contributed by atoms with Crippen molar-refractivity contribution in [3.63, 3.8) is 0 Å². The highest BCUT2D eigenvalue weighted by atomic mass is 16.6. The van der Waals surface area contributed by atoms with Crippen LogP contribution < -0.4 is 16.1 Å². The number of hydrogen-bond donors (Lipinski definition) is 3. The van der Waals surface area contributed by atoms with Crippen molar-refractivity contribution in [1.29, 1.82) is 0 Å². The van der Waals surface area contributed by atoms with Gasteiger partial charge in [0.05, 0.1) is 19.7 Å². The molecule has 11 heteroatoms. The van der Waals surface area contributed by atoms with E-state index in [1.165, 1.54) is 6.07 Å².